The number of rotatable bonds is 1. The van der Waals surface area contributed by atoms with Crippen molar-refractivity contribution in [2.75, 3.05) is 26.3 Å². The summed E-state index contributed by atoms with van der Waals surface area (Å²) in [7, 11) is 0. The van der Waals surface area contributed by atoms with Crippen molar-refractivity contribution in [3.63, 3.8) is 0 Å². The highest BCUT2D eigenvalue weighted by Crippen LogP contribution is 2.33. The van der Waals surface area contributed by atoms with Crippen molar-refractivity contribution in [2.45, 2.75) is 62.9 Å². The Morgan fingerprint density at radius 1 is 1.00 bits per heavy atom. The minimum absolute atomic E-state index is 0.163. The Labute approximate surface area is 109 Å². The van der Waals surface area contributed by atoms with Crippen molar-refractivity contribution >= 4 is 0 Å². The summed E-state index contributed by atoms with van der Waals surface area (Å²) in [5.74, 6) is -0.357. The number of aliphatic hydroxyl groups excluding tert-OH is 1. The van der Waals surface area contributed by atoms with Gasteiger partial charge in [0.1, 0.15) is 0 Å². The van der Waals surface area contributed by atoms with Crippen LogP contribution in [0, 0.1) is 0 Å². The molecule has 0 aromatic rings. The summed E-state index contributed by atoms with van der Waals surface area (Å²) in [6.07, 6.45) is 7.71. The van der Waals surface area contributed by atoms with E-state index in [-0.39, 0.29) is 11.9 Å². The fourth-order valence-corrected chi connectivity index (χ4v) is 3.73. The second-order valence-electron chi connectivity index (χ2n) is 5.95. The molecule has 1 saturated carbocycles. The van der Waals surface area contributed by atoms with Crippen LogP contribution in [0.15, 0.2) is 0 Å². The highest BCUT2D eigenvalue weighted by atomic mass is 16.7. The smallest absolute Gasteiger partial charge is 0.181 e. The van der Waals surface area contributed by atoms with Gasteiger partial charge in [-0.2, -0.15) is 0 Å². The van der Waals surface area contributed by atoms with Gasteiger partial charge in [0.15, 0.2) is 5.79 Å². The molecular formula is C14H25NO3. The molecule has 0 radical (unpaired) electrons. The van der Waals surface area contributed by atoms with Crippen LogP contribution in [0.4, 0.5) is 0 Å². The predicted octanol–water partition coefficient (Wildman–Crippen LogP) is 1.52. The van der Waals surface area contributed by atoms with Crippen LogP contribution in [0.2, 0.25) is 0 Å². The molecule has 0 bridgehead atoms. The number of hydrogen-bond acceptors (Lipinski definition) is 4. The third-order valence-electron chi connectivity index (χ3n) is 4.67. The van der Waals surface area contributed by atoms with Crippen molar-refractivity contribution in [3.05, 3.63) is 0 Å². The number of likely N-dealkylation sites (tertiary alicyclic amines) is 1. The molecule has 0 aromatic heterocycles. The largest absolute Gasteiger partial charge is 0.391 e. The lowest BCUT2D eigenvalue weighted by atomic mass is 9.97. The number of nitrogens with zero attached hydrogens (tertiary/aromatic N) is 1. The van der Waals surface area contributed by atoms with E-state index in [0.29, 0.717) is 6.04 Å². The van der Waals surface area contributed by atoms with E-state index in [1.807, 2.05) is 0 Å². The highest BCUT2D eigenvalue weighted by molar-refractivity contribution is 4.90. The van der Waals surface area contributed by atoms with E-state index in [1.165, 1.54) is 19.3 Å². The minimum atomic E-state index is -0.357. The molecule has 104 valence electrons. The molecule has 0 aromatic carbocycles. The fourth-order valence-electron chi connectivity index (χ4n) is 3.73. The fraction of sp³-hybridized carbons (Fsp3) is 1.00. The van der Waals surface area contributed by atoms with Crippen molar-refractivity contribution in [3.8, 4) is 0 Å². The zero-order valence-electron chi connectivity index (χ0n) is 11.1. The van der Waals surface area contributed by atoms with Crippen LogP contribution in [0.25, 0.3) is 0 Å². The van der Waals surface area contributed by atoms with Gasteiger partial charge in [-0.1, -0.05) is 19.3 Å². The van der Waals surface area contributed by atoms with E-state index in [0.717, 1.165) is 52.0 Å². The lowest BCUT2D eigenvalue weighted by molar-refractivity contribution is -0.198. The van der Waals surface area contributed by atoms with Crippen LogP contribution in [-0.4, -0.2) is 54.2 Å². The normalized spacial score (nSPS) is 37.8. The number of ether oxygens (including phenoxy) is 2. The summed E-state index contributed by atoms with van der Waals surface area (Å²) in [4.78, 5) is 2.42. The Morgan fingerprint density at radius 3 is 2.61 bits per heavy atom. The standard InChI is InChI=1S/C14H25NO3/c16-13-6-3-1-2-5-12(13)15-8-4-7-14(11-15)17-9-10-18-14/h12-13,16H,1-11H2. The van der Waals surface area contributed by atoms with E-state index in [2.05, 4.69) is 4.90 Å². The van der Waals surface area contributed by atoms with E-state index in [4.69, 9.17) is 9.47 Å². The van der Waals surface area contributed by atoms with Crippen LogP contribution in [-0.2, 0) is 9.47 Å². The van der Waals surface area contributed by atoms with Crippen LogP contribution in [0.5, 0.6) is 0 Å². The Hall–Kier alpha value is -0.160. The number of piperidine rings is 1. The van der Waals surface area contributed by atoms with Gasteiger partial charge in [0, 0.05) is 12.5 Å². The molecule has 2 heterocycles. The monoisotopic (exact) mass is 255 g/mol. The quantitative estimate of drug-likeness (QED) is 0.721. The summed E-state index contributed by atoms with van der Waals surface area (Å²) >= 11 is 0. The van der Waals surface area contributed by atoms with Gasteiger partial charge in [-0.05, 0) is 25.8 Å². The van der Waals surface area contributed by atoms with Gasteiger partial charge in [0.05, 0.1) is 25.9 Å². The van der Waals surface area contributed by atoms with Crippen molar-refractivity contribution in [2.24, 2.45) is 0 Å². The first kappa shape index (κ1) is 12.9. The number of hydrogen-bond donors (Lipinski definition) is 1. The van der Waals surface area contributed by atoms with Crippen LogP contribution < -0.4 is 0 Å². The second-order valence-corrected chi connectivity index (χ2v) is 5.95. The molecule has 4 nitrogen and oxygen atoms in total. The zero-order chi connectivity index (χ0) is 12.4. The third-order valence-corrected chi connectivity index (χ3v) is 4.67. The first-order valence-corrected chi connectivity index (χ1v) is 7.49. The molecule has 2 unspecified atom stereocenters. The topological polar surface area (TPSA) is 41.9 Å². The Morgan fingerprint density at radius 2 is 1.78 bits per heavy atom. The van der Waals surface area contributed by atoms with Gasteiger partial charge in [-0.25, -0.2) is 0 Å². The molecule has 2 saturated heterocycles. The van der Waals surface area contributed by atoms with E-state index >= 15 is 0 Å². The van der Waals surface area contributed by atoms with Gasteiger partial charge >= 0.3 is 0 Å². The van der Waals surface area contributed by atoms with E-state index < -0.39 is 0 Å². The molecule has 2 aliphatic heterocycles. The van der Waals surface area contributed by atoms with E-state index in [9.17, 15) is 5.11 Å². The van der Waals surface area contributed by atoms with Gasteiger partial charge in [-0.15, -0.1) is 0 Å². The first-order valence-electron chi connectivity index (χ1n) is 7.49. The molecule has 2 atom stereocenters. The van der Waals surface area contributed by atoms with Crippen LogP contribution in [0.1, 0.15) is 44.9 Å². The molecule has 18 heavy (non-hydrogen) atoms. The SMILES string of the molecule is OC1CCCCCC1N1CCCC2(C1)OCCO2. The summed E-state index contributed by atoms with van der Waals surface area (Å²) in [6, 6.07) is 0.317. The van der Waals surface area contributed by atoms with Crippen molar-refractivity contribution in [1.82, 2.24) is 4.90 Å². The minimum Gasteiger partial charge on any atom is -0.391 e. The Balaban J connectivity index is 1.67. The van der Waals surface area contributed by atoms with Gasteiger partial charge in [0.2, 0.25) is 0 Å². The summed E-state index contributed by atoms with van der Waals surface area (Å²) < 4.78 is 11.6. The molecule has 3 aliphatic rings. The highest BCUT2D eigenvalue weighted by Gasteiger charge is 2.43. The summed E-state index contributed by atoms with van der Waals surface area (Å²) in [5, 5.41) is 10.3. The zero-order valence-corrected chi connectivity index (χ0v) is 11.1. The van der Waals surface area contributed by atoms with Crippen molar-refractivity contribution < 1.29 is 14.6 Å². The molecule has 1 aliphatic carbocycles. The summed E-state index contributed by atoms with van der Waals surface area (Å²) in [5.41, 5.74) is 0. The predicted molar refractivity (Wildman–Crippen MR) is 68.3 cm³/mol. The molecule has 1 spiro atoms. The first-order chi connectivity index (χ1) is 8.79. The van der Waals surface area contributed by atoms with E-state index in [1.54, 1.807) is 0 Å². The molecule has 4 heteroatoms. The Kier molecular flexibility index (Phi) is 3.89. The maximum Gasteiger partial charge on any atom is 0.181 e. The van der Waals surface area contributed by atoms with Crippen LogP contribution >= 0.6 is 0 Å². The van der Waals surface area contributed by atoms with Gasteiger partial charge in [0.25, 0.3) is 0 Å². The second kappa shape index (κ2) is 5.45. The average molecular weight is 255 g/mol. The maximum absolute atomic E-state index is 10.3. The molecule has 1 N–H and O–H groups in total. The Bertz CT molecular complexity index is 278. The van der Waals surface area contributed by atoms with Gasteiger partial charge in [-0.3, -0.25) is 4.90 Å². The molecule has 0 amide bonds. The number of aliphatic hydroxyl groups is 1. The van der Waals surface area contributed by atoms with Crippen molar-refractivity contribution in [1.29, 1.82) is 0 Å². The van der Waals surface area contributed by atoms with Gasteiger partial charge < -0.3 is 14.6 Å². The molecular weight excluding hydrogens is 230 g/mol. The van der Waals surface area contributed by atoms with Crippen LogP contribution in [0.3, 0.4) is 0 Å². The maximum atomic E-state index is 10.3. The average Bonchev–Trinajstić information content (AvgIpc) is 2.70. The molecule has 3 fully saturated rings. The molecule has 3 rings (SSSR count). The third kappa shape index (κ3) is 2.57. The lowest BCUT2D eigenvalue weighted by Gasteiger charge is -2.43. The lowest BCUT2D eigenvalue weighted by Crippen LogP contribution is -2.55. The summed E-state index contributed by atoms with van der Waals surface area (Å²) in [6.45, 7) is 3.37.